The van der Waals surface area contributed by atoms with E-state index in [1.807, 2.05) is 24.3 Å². The highest BCUT2D eigenvalue weighted by Crippen LogP contribution is 2.19. The number of halogens is 1. The molecule has 3 nitrogen and oxygen atoms in total. The van der Waals surface area contributed by atoms with Crippen LogP contribution in [0.5, 0.6) is 0 Å². The molecule has 0 saturated carbocycles. The van der Waals surface area contributed by atoms with Crippen molar-refractivity contribution in [2.45, 2.75) is 0 Å². The second kappa shape index (κ2) is 4.37. The summed E-state index contributed by atoms with van der Waals surface area (Å²) in [6, 6.07) is 8.09. The molecular weight excluding hydrogens is 329 g/mol. The molecule has 0 bridgehead atoms. The summed E-state index contributed by atoms with van der Waals surface area (Å²) in [7, 11) is 0. The van der Waals surface area contributed by atoms with Gasteiger partial charge in [0.25, 0.3) is 0 Å². The molecule has 0 aliphatic heterocycles. The number of benzene rings is 1. The van der Waals surface area contributed by atoms with Crippen LogP contribution in [0.25, 0.3) is 0 Å². The zero-order valence-corrected chi connectivity index (χ0v) is 10.7. The van der Waals surface area contributed by atoms with E-state index in [-0.39, 0.29) is 0 Å². The minimum absolute atomic E-state index is 0.679. The number of rotatable bonds is 2. The standard InChI is InChI=1S/C8H6IN3S2/c9-5-1-3-6(4-2-5)10-7-11-12-8(13)14-7/h1-4H,(H,10,11)(H,12,13). The molecular formula is C8H6IN3S2. The largest absolute Gasteiger partial charge is 0.330 e. The predicted molar refractivity (Wildman–Crippen MR) is 69.7 cm³/mol. The number of H-pyrrole nitrogens is 1. The van der Waals surface area contributed by atoms with Gasteiger partial charge in [0, 0.05) is 9.26 Å². The van der Waals surface area contributed by atoms with E-state index in [0.29, 0.717) is 3.95 Å². The summed E-state index contributed by atoms with van der Waals surface area (Å²) in [6.07, 6.45) is 0. The number of anilines is 2. The molecule has 0 atom stereocenters. The smallest absolute Gasteiger partial charge is 0.208 e. The Morgan fingerprint density at radius 2 is 2.07 bits per heavy atom. The lowest BCUT2D eigenvalue weighted by atomic mass is 10.3. The number of hydrogen-bond acceptors (Lipinski definition) is 4. The molecule has 0 spiro atoms. The molecule has 14 heavy (non-hydrogen) atoms. The van der Waals surface area contributed by atoms with Crippen LogP contribution >= 0.6 is 46.1 Å². The SMILES string of the molecule is S=c1[nH]nc(Nc2ccc(I)cc2)s1. The number of aromatic nitrogens is 2. The van der Waals surface area contributed by atoms with E-state index in [1.165, 1.54) is 14.9 Å². The number of nitrogens with zero attached hydrogens (tertiary/aromatic N) is 1. The van der Waals surface area contributed by atoms with Gasteiger partial charge in [-0.25, -0.2) is 0 Å². The van der Waals surface area contributed by atoms with Crippen LogP contribution in [-0.2, 0) is 0 Å². The van der Waals surface area contributed by atoms with E-state index in [0.717, 1.165) is 10.8 Å². The molecule has 2 aromatic rings. The first-order valence-corrected chi connectivity index (χ1v) is 6.12. The highest BCUT2D eigenvalue weighted by Gasteiger charge is 1.97. The van der Waals surface area contributed by atoms with Crippen LogP contribution in [0.1, 0.15) is 0 Å². The van der Waals surface area contributed by atoms with Gasteiger partial charge >= 0.3 is 0 Å². The Hall–Kier alpha value is -0.470. The van der Waals surface area contributed by atoms with Gasteiger partial charge in [-0.3, -0.25) is 5.10 Å². The first-order chi connectivity index (χ1) is 6.74. The molecule has 0 amide bonds. The second-order valence-electron chi connectivity index (χ2n) is 2.55. The van der Waals surface area contributed by atoms with Crippen molar-refractivity contribution < 1.29 is 0 Å². The Labute approximate surface area is 104 Å². The maximum atomic E-state index is 4.93. The Balaban J connectivity index is 2.19. The molecule has 1 heterocycles. The maximum Gasteiger partial charge on any atom is 0.208 e. The van der Waals surface area contributed by atoms with Gasteiger partial charge in [0.2, 0.25) is 5.13 Å². The molecule has 0 unspecified atom stereocenters. The van der Waals surface area contributed by atoms with Gasteiger partial charge in [0.05, 0.1) is 0 Å². The number of aromatic amines is 1. The second-order valence-corrected chi connectivity index (χ2v) is 5.46. The normalized spacial score (nSPS) is 10.1. The van der Waals surface area contributed by atoms with Gasteiger partial charge in [-0.05, 0) is 59.1 Å². The summed E-state index contributed by atoms with van der Waals surface area (Å²) >= 11 is 8.62. The van der Waals surface area contributed by atoms with E-state index in [4.69, 9.17) is 12.2 Å². The van der Waals surface area contributed by atoms with Gasteiger partial charge < -0.3 is 5.32 Å². The average Bonchev–Trinajstić information content (AvgIpc) is 2.56. The highest BCUT2D eigenvalue weighted by molar-refractivity contribution is 14.1. The van der Waals surface area contributed by atoms with Gasteiger partial charge in [-0.1, -0.05) is 11.3 Å². The molecule has 0 fully saturated rings. The van der Waals surface area contributed by atoms with Gasteiger partial charge in [0.15, 0.2) is 3.95 Å². The first kappa shape index (κ1) is 10.1. The fraction of sp³-hybridized carbons (Fsp3) is 0. The Kier molecular flexibility index (Phi) is 3.14. The molecule has 6 heteroatoms. The van der Waals surface area contributed by atoms with Crippen LogP contribution in [0.4, 0.5) is 10.8 Å². The Morgan fingerprint density at radius 3 is 2.64 bits per heavy atom. The van der Waals surface area contributed by atoms with Crippen molar-refractivity contribution in [3.63, 3.8) is 0 Å². The zero-order valence-electron chi connectivity index (χ0n) is 6.95. The maximum absolute atomic E-state index is 4.93. The van der Waals surface area contributed by atoms with E-state index in [2.05, 4.69) is 38.1 Å². The third kappa shape index (κ3) is 2.52. The van der Waals surface area contributed by atoms with Crippen LogP contribution in [0.15, 0.2) is 24.3 Å². The van der Waals surface area contributed by atoms with Crippen molar-refractivity contribution >= 4 is 57.0 Å². The number of nitrogens with one attached hydrogen (secondary N) is 2. The topological polar surface area (TPSA) is 40.7 Å². The van der Waals surface area contributed by atoms with E-state index in [1.54, 1.807) is 0 Å². The fourth-order valence-corrected chi connectivity index (χ4v) is 2.11. The summed E-state index contributed by atoms with van der Waals surface area (Å²) in [5.41, 5.74) is 1.02. The lowest BCUT2D eigenvalue weighted by molar-refractivity contribution is 1.08. The molecule has 1 aromatic carbocycles. The van der Waals surface area contributed by atoms with Crippen LogP contribution < -0.4 is 5.32 Å². The molecule has 0 aliphatic carbocycles. The third-order valence-corrected chi connectivity index (χ3v) is 3.26. The van der Waals surface area contributed by atoms with Crippen molar-refractivity contribution in [3.05, 3.63) is 31.8 Å². The van der Waals surface area contributed by atoms with Crippen molar-refractivity contribution in [2.75, 3.05) is 5.32 Å². The molecule has 2 rings (SSSR count). The molecule has 1 aromatic heterocycles. The van der Waals surface area contributed by atoms with Crippen molar-refractivity contribution in [1.29, 1.82) is 0 Å². The summed E-state index contributed by atoms with van der Waals surface area (Å²) in [5.74, 6) is 0. The third-order valence-electron chi connectivity index (χ3n) is 1.53. The quantitative estimate of drug-likeness (QED) is 0.651. The summed E-state index contributed by atoms with van der Waals surface area (Å²) < 4.78 is 1.89. The number of hydrogen-bond donors (Lipinski definition) is 2. The van der Waals surface area contributed by atoms with E-state index >= 15 is 0 Å². The van der Waals surface area contributed by atoms with Crippen LogP contribution in [0.2, 0.25) is 0 Å². The Morgan fingerprint density at radius 1 is 1.36 bits per heavy atom. The zero-order chi connectivity index (χ0) is 9.97. The lowest BCUT2D eigenvalue weighted by Crippen LogP contribution is -1.88. The summed E-state index contributed by atoms with van der Waals surface area (Å²) in [5, 5.41) is 10.7. The minimum atomic E-state index is 0.679. The summed E-state index contributed by atoms with van der Waals surface area (Å²) in [4.78, 5) is 0. The highest BCUT2D eigenvalue weighted by atomic mass is 127. The van der Waals surface area contributed by atoms with Crippen LogP contribution in [0.3, 0.4) is 0 Å². The van der Waals surface area contributed by atoms with Gasteiger partial charge in [0.1, 0.15) is 0 Å². The minimum Gasteiger partial charge on any atom is -0.330 e. The summed E-state index contributed by atoms with van der Waals surface area (Å²) in [6.45, 7) is 0. The van der Waals surface area contributed by atoms with Crippen LogP contribution in [0, 0.1) is 7.52 Å². The average molecular weight is 335 g/mol. The molecule has 72 valence electrons. The van der Waals surface area contributed by atoms with Gasteiger partial charge in [-0.15, -0.1) is 5.10 Å². The monoisotopic (exact) mass is 335 g/mol. The van der Waals surface area contributed by atoms with Crippen molar-refractivity contribution in [3.8, 4) is 0 Å². The Bertz CT molecular complexity index is 474. The first-order valence-electron chi connectivity index (χ1n) is 3.82. The van der Waals surface area contributed by atoms with Crippen LogP contribution in [-0.4, -0.2) is 10.2 Å². The fourth-order valence-electron chi connectivity index (χ4n) is 0.940. The lowest BCUT2D eigenvalue weighted by Gasteiger charge is -2.00. The van der Waals surface area contributed by atoms with E-state index < -0.39 is 0 Å². The van der Waals surface area contributed by atoms with E-state index in [9.17, 15) is 0 Å². The molecule has 2 N–H and O–H groups in total. The molecule has 0 radical (unpaired) electrons. The molecule has 0 aliphatic rings. The molecule has 0 saturated heterocycles. The van der Waals surface area contributed by atoms with Crippen molar-refractivity contribution in [1.82, 2.24) is 10.2 Å². The van der Waals surface area contributed by atoms with Crippen molar-refractivity contribution in [2.24, 2.45) is 0 Å². The van der Waals surface area contributed by atoms with Gasteiger partial charge in [-0.2, -0.15) is 0 Å². The predicted octanol–water partition coefficient (Wildman–Crippen LogP) is 3.55.